The smallest absolute Gasteiger partial charge is 0.355 e. The van der Waals surface area contributed by atoms with E-state index in [1.807, 2.05) is 44.7 Å². The Labute approximate surface area is 276 Å². The molecular formula is C34H36ClF2N7O3. The van der Waals surface area contributed by atoms with Crippen LogP contribution in [-0.4, -0.2) is 67.8 Å². The molecular weight excluding hydrogens is 628 g/mol. The number of carbonyl (C=O) groups excluding carboxylic acids is 1. The second-order valence-corrected chi connectivity index (χ2v) is 13.4. The van der Waals surface area contributed by atoms with Gasteiger partial charge in [0.05, 0.1) is 45.7 Å². The van der Waals surface area contributed by atoms with Gasteiger partial charge in [0.25, 0.3) is 0 Å². The van der Waals surface area contributed by atoms with Gasteiger partial charge in [-0.25, -0.2) is 23.1 Å². The van der Waals surface area contributed by atoms with Crippen LogP contribution >= 0.6 is 11.6 Å². The number of aryl methyl sites for hydroxylation is 1. The molecule has 0 spiro atoms. The molecule has 0 radical (unpaired) electrons. The number of nitrogens with zero attached hydrogens (tertiary/aromatic N) is 7. The van der Waals surface area contributed by atoms with Crippen molar-refractivity contribution in [1.29, 1.82) is 5.26 Å². The zero-order valence-corrected chi connectivity index (χ0v) is 27.7. The highest BCUT2D eigenvalue weighted by Crippen LogP contribution is 2.45. The van der Waals surface area contributed by atoms with Gasteiger partial charge in [-0.05, 0) is 63.3 Å². The number of hydrogen-bond acceptors (Lipinski definition) is 8. The third-order valence-corrected chi connectivity index (χ3v) is 9.38. The van der Waals surface area contributed by atoms with Crippen molar-refractivity contribution >= 4 is 39.9 Å². The van der Waals surface area contributed by atoms with Crippen LogP contribution in [0.4, 0.5) is 14.6 Å². The standard InChI is InChI=1S/C34H36ClF2N7O3/c1-18(2)27-29-21(10-13-39-27)7-6-14-47-30-26(24(36)8-11-34(30,5)37)28-23(35)15-22-31(41-33(46)44(29)32(22)40-28)43-17-19(3)42(16-20(43)4)25(45)9-12-38/h8,10,13,15,18-20H,6-7,9,11,14,16-17H2,1-5H3/t19-,20+,34?/m1/s1. The minimum atomic E-state index is -2.01. The van der Waals surface area contributed by atoms with Crippen LogP contribution in [0.5, 0.6) is 0 Å². The Bertz CT molecular complexity index is 1950. The van der Waals surface area contributed by atoms with E-state index in [0.29, 0.717) is 48.5 Å². The number of halogens is 3. The Hall–Kier alpha value is -4.37. The molecule has 13 heteroatoms. The summed E-state index contributed by atoms with van der Waals surface area (Å²) in [6, 6.07) is 4.75. The monoisotopic (exact) mass is 663 g/mol. The largest absolute Gasteiger partial charge is 0.494 e. The number of rotatable bonds is 3. The molecule has 10 nitrogen and oxygen atoms in total. The topological polar surface area (TPSA) is 117 Å². The first kappa shape index (κ1) is 32.6. The van der Waals surface area contributed by atoms with Crippen LogP contribution in [0, 0.1) is 11.3 Å². The van der Waals surface area contributed by atoms with E-state index in [-0.39, 0.29) is 71.1 Å². The van der Waals surface area contributed by atoms with Gasteiger partial charge in [-0.1, -0.05) is 25.4 Å². The van der Waals surface area contributed by atoms with Crippen molar-refractivity contribution in [2.24, 2.45) is 0 Å². The molecule has 47 heavy (non-hydrogen) atoms. The lowest BCUT2D eigenvalue weighted by Gasteiger charge is -2.44. The number of nitriles is 1. The highest BCUT2D eigenvalue weighted by atomic mass is 35.5. The van der Waals surface area contributed by atoms with Gasteiger partial charge in [0.15, 0.2) is 11.3 Å². The fourth-order valence-corrected chi connectivity index (χ4v) is 7.01. The summed E-state index contributed by atoms with van der Waals surface area (Å²) < 4.78 is 39.2. The Morgan fingerprint density at radius 1 is 1.26 bits per heavy atom. The molecule has 3 aliphatic rings. The number of fused-ring (bicyclic) bond motifs is 4. The van der Waals surface area contributed by atoms with Gasteiger partial charge in [-0.3, -0.25) is 9.78 Å². The lowest BCUT2D eigenvalue weighted by atomic mass is 9.89. The molecule has 0 aromatic carbocycles. The molecule has 2 aliphatic heterocycles. The summed E-state index contributed by atoms with van der Waals surface area (Å²) in [5.74, 6) is -0.946. The van der Waals surface area contributed by atoms with Gasteiger partial charge in [-0.15, -0.1) is 0 Å². The molecule has 1 saturated heterocycles. The molecule has 3 aromatic rings. The van der Waals surface area contributed by atoms with Gasteiger partial charge in [0.1, 0.15) is 23.8 Å². The van der Waals surface area contributed by atoms with Crippen LogP contribution in [0.15, 0.2) is 40.8 Å². The van der Waals surface area contributed by atoms with E-state index in [1.54, 1.807) is 17.2 Å². The zero-order valence-electron chi connectivity index (χ0n) is 27.0. The molecule has 0 N–H and O–H groups in total. The van der Waals surface area contributed by atoms with Gasteiger partial charge in [0.2, 0.25) is 5.91 Å². The minimum Gasteiger partial charge on any atom is -0.494 e. The number of amides is 1. The summed E-state index contributed by atoms with van der Waals surface area (Å²) >= 11 is 6.90. The quantitative estimate of drug-likeness (QED) is 0.338. The summed E-state index contributed by atoms with van der Waals surface area (Å²) in [5, 5.41) is 9.54. The molecule has 1 amide bonds. The predicted molar refractivity (Wildman–Crippen MR) is 175 cm³/mol. The summed E-state index contributed by atoms with van der Waals surface area (Å²) in [5.41, 5.74) is -0.717. The second kappa shape index (κ2) is 12.3. The van der Waals surface area contributed by atoms with Gasteiger partial charge < -0.3 is 14.5 Å². The van der Waals surface area contributed by atoms with Crippen LogP contribution in [-0.2, 0) is 16.0 Å². The maximum Gasteiger partial charge on any atom is 0.355 e. The molecule has 5 heterocycles. The average Bonchev–Trinajstić information content (AvgIpc) is 3.01. The van der Waals surface area contributed by atoms with Crippen molar-refractivity contribution in [3.63, 3.8) is 0 Å². The fourth-order valence-electron chi connectivity index (χ4n) is 6.76. The van der Waals surface area contributed by atoms with Crippen LogP contribution in [0.2, 0.25) is 5.02 Å². The molecule has 6 rings (SSSR count). The van der Waals surface area contributed by atoms with Gasteiger partial charge >= 0.3 is 5.69 Å². The number of anilines is 1. The van der Waals surface area contributed by atoms with E-state index in [9.17, 15) is 9.59 Å². The molecule has 3 aromatic heterocycles. The van der Waals surface area contributed by atoms with Crippen LogP contribution in [0.3, 0.4) is 0 Å². The number of aromatic nitrogens is 4. The zero-order chi connectivity index (χ0) is 33.8. The number of hydrogen-bond donors (Lipinski definition) is 0. The van der Waals surface area contributed by atoms with Crippen molar-refractivity contribution in [2.75, 3.05) is 24.6 Å². The maximum atomic E-state index is 16.0. The van der Waals surface area contributed by atoms with Crippen LogP contribution < -0.4 is 10.6 Å². The molecule has 0 saturated carbocycles. The van der Waals surface area contributed by atoms with E-state index >= 15 is 8.78 Å². The minimum absolute atomic E-state index is 0.0270. The number of allylic oxidation sites excluding steroid dienone is 4. The number of alkyl halides is 1. The van der Waals surface area contributed by atoms with Gasteiger partial charge in [0, 0.05) is 37.8 Å². The first-order valence-corrected chi connectivity index (χ1v) is 16.2. The maximum absolute atomic E-state index is 16.0. The Morgan fingerprint density at radius 3 is 2.74 bits per heavy atom. The predicted octanol–water partition coefficient (Wildman–Crippen LogP) is 5.95. The highest BCUT2D eigenvalue weighted by molar-refractivity contribution is 6.33. The van der Waals surface area contributed by atoms with Gasteiger partial charge in [-0.2, -0.15) is 10.2 Å². The second-order valence-electron chi connectivity index (χ2n) is 12.9. The Morgan fingerprint density at radius 2 is 2.02 bits per heavy atom. The molecule has 1 unspecified atom stereocenters. The van der Waals surface area contributed by atoms with Crippen molar-refractivity contribution in [3.8, 4) is 11.8 Å². The van der Waals surface area contributed by atoms with E-state index in [0.717, 1.165) is 11.6 Å². The third kappa shape index (κ3) is 5.64. The molecule has 246 valence electrons. The summed E-state index contributed by atoms with van der Waals surface area (Å²) in [4.78, 5) is 44.7. The SMILES string of the molecule is CC(C)c1nccc2c1-n1c(=O)nc(N3C[C@@H](C)N(C(=O)CC#N)C[C@@H]3C)c3cc(Cl)c(nc31)C1=C(OCCC2)C(C)(F)CC=C1F. The average molecular weight is 664 g/mol. The normalized spacial score (nSPS) is 23.0. The Balaban J connectivity index is 1.67. The number of carbonyl (C=O) groups is 1. The first-order chi connectivity index (χ1) is 22.3. The van der Waals surface area contributed by atoms with Crippen LogP contribution in [0.25, 0.3) is 22.3 Å². The number of ether oxygens (including phenoxy) is 1. The third-order valence-electron chi connectivity index (χ3n) is 9.09. The first-order valence-electron chi connectivity index (χ1n) is 15.8. The molecule has 1 fully saturated rings. The Kier molecular flexibility index (Phi) is 8.55. The molecule has 3 atom stereocenters. The van der Waals surface area contributed by atoms with Crippen molar-refractivity contribution in [1.82, 2.24) is 24.4 Å². The number of pyridine rings is 2. The fraction of sp³-hybridized carbons (Fsp3) is 0.471. The van der Waals surface area contributed by atoms with E-state index in [1.165, 1.54) is 11.5 Å². The highest BCUT2D eigenvalue weighted by Gasteiger charge is 2.40. The van der Waals surface area contributed by atoms with E-state index < -0.39 is 17.2 Å². The number of piperazine rings is 1. The van der Waals surface area contributed by atoms with Crippen molar-refractivity contribution < 1.29 is 18.3 Å². The van der Waals surface area contributed by atoms with E-state index in [4.69, 9.17) is 26.6 Å². The summed E-state index contributed by atoms with van der Waals surface area (Å²) in [6.07, 6.45) is 3.33. The summed E-state index contributed by atoms with van der Waals surface area (Å²) in [6.45, 7) is 9.79. The van der Waals surface area contributed by atoms with E-state index in [2.05, 4.69) is 9.97 Å². The van der Waals surface area contributed by atoms with Crippen molar-refractivity contribution in [3.05, 3.63) is 68.4 Å². The summed E-state index contributed by atoms with van der Waals surface area (Å²) in [7, 11) is 0. The molecule has 1 aliphatic carbocycles. The lowest BCUT2D eigenvalue weighted by Crippen LogP contribution is -2.58. The molecule has 2 bridgehead atoms. The van der Waals surface area contributed by atoms with Crippen LogP contribution in [0.1, 0.15) is 76.8 Å². The lowest BCUT2D eigenvalue weighted by molar-refractivity contribution is -0.133. The van der Waals surface area contributed by atoms with Crippen molar-refractivity contribution in [2.45, 2.75) is 84.0 Å².